The number of hydrogen-bond donors (Lipinski definition) is 0. The van der Waals surface area contributed by atoms with Gasteiger partial charge in [-0.2, -0.15) is 13.2 Å². The van der Waals surface area contributed by atoms with Crippen molar-refractivity contribution in [2.45, 2.75) is 31.0 Å². The molecular weight excluding hydrogens is 428 g/mol. The Morgan fingerprint density at radius 1 is 1.34 bits per heavy atom. The van der Waals surface area contributed by atoms with Gasteiger partial charge in [0.15, 0.2) is 11.6 Å². The van der Waals surface area contributed by atoms with E-state index in [-0.39, 0.29) is 18.1 Å². The molecule has 2 aromatic rings. The van der Waals surface area contributed by atoms with E-state index in [0.29, 0.717) is 11.1 Å². The average Bonchev–Trinajstić information content (AvgIpc) is 2.63. The molecule has 0 fully saturated rings. The average molecular weight is 440 g/mol. The number of rotatable bonds is 2. The molecule has 1 amide bonds. The van der Waals surface area contributed by atoms with Gasteiger partial charge in [-0.1, -0.05) is 11.6 Å². The van der Waals surface area contributed by atoms with E-state index >= 15 is 0 Å². The number of carbonyl (C=O) groups is 1. The van der Waals surface area contributed by atoms with Crippen LogP contribution in [0.25, 0.3) is 0 Å². The number of alkyl halides is 5. The second-order valence-electron chi connectivity index (χ2n) is 6.19. The van der Waals surface area contributed by atoms with Gasteiger partial charge in [0.2, 0.25) is 0 Å². The number of nitrogens with zero attached hydrogens (tertiary/aromatic N) is 3. The first-order valence-electron chi connectivity index (χ1n) is 8.10. The second kappa shape index (κ2) is 7.36. The van der Waals surface area contributed by atoms with Crippen LogP contribution in [0.2, 0.25) is 5.15 Å². The molecule has 1 unspecified atom stereocenters. The number of pyridine rings is 2. The summed E-state index contributed by atoms with van der Waals surface area (Å²) in [4.78, 5) is 20.0. The van der Waals surface area contributed by atoms with Gasteiger partial charge in [0.1, 0.15) is 5.15 Å². The zero-order chi connectivity index (χ0) is 21.6. The van der Waals surface area contributed by atoms with E-state index in [0.717, 1.165) is 13.3 Å². The van der Waals surface area contributed by atoms with Gasteiger partial charge in [-0.15, -0.1) is 0 Å². The Hall–Kier alpha value is -2.56. The van der Waals surface area contributed by atoms with Crippen LogP contribution < -0.4 is 4.90 Å². The minimum Gasteiger partial charge on any atom is -0.452 e. The molecule has 2 aromatic heterocycles. The minimum atomic E-state index is -4.86. The molecule has 3 rings (SSSR count). The lowest BCUT2D eigenvalue weighted by molar-refractivity contribution is -0.138. The van der Waals surface area contributed by atoms with Crippen molar-refractivity contribution in [1.29, 1.82) is 0 Å². The fourth-order valence-electron chi connectivity index (χ4n) is 3.18. The Morgan fingerprint density at radius 2 is 2.03 bits per heavy atom. The summed E-state index contributed by atoms with van der Waals surface area (Å²) in [5.74, 6) is -5.62. The molecule has 0 spiro atoms. The van der Waals surface area contributed by atoms with Gasteiger partial charge in [-0.3, -0.25) is 4.90 Å². The van der Waals surface area contributed by atoms with E-state index in [1.54, 1.807) is 0 Å². The molecule has 0 bridgehead atoms. The number of methoxy groups -OCH3 is 1. The van der Waals surface area contributed by atoms with E-state index in [9.17, 15) is 31.1 Å². The summed E-state index contributed by atoms with van der Waals surface area (Å²) in [6, 6.07) is 0.129. The largest absolute Gasteiger partial charge is 0.452 e. The van der Waals surface area contributed by atoms with Crippen LogP contribution in [-0.4, -0.2) is 23.2 Å². The van der Waals surface area contributed by atoms with Crippen LogP contribution >= 0.6 is 11.6 Å². The summed E-state index contributed by atoms with van der Waals surface area (Å²) in [5, 5.41) is -0.497. The lowest BCUT2D eigenvalue weighted by atomic mass is 9.85. The minimum absolute atomic E-state index is 0.132. The highest BCUT2D eigenvalue weighted by Crippen LogP contribution is 2.49. The standard InChI is InChI=1S/C17H12ClF6N3O2/c1-29-15(28)27(14-10(19)6-8(7-26-14)17(22,23)24)11-2-4-16(20,21)12-9(11)3-5-25-13(12)18/h3,5-7,11H,2,4H2,1H3. The molecule has 1 atom stereocenters. The molecule has 1 aliphatic carbocycles. The maximum atomic E-state index is 14.5. The van der Waals surface area contributed by atoms with Crippen molar-refractivity contribution >= 4 is 23.5 Å². The maximum absolute atomic E-state index is 14.5. The van der Waals surface area contributed by atoms with Gasteiger partial charge in [0, 0.05) is 18.8 Å². The first-order valence-corrected chi connectivity index (χ1v) is 8.47. The number of fused-ring (bicyclic) bond motifs is 1. The van der Waals surface area contributed by atoms with Crippen molar-refractivity contribution in [2.24, 2.45) is 0 Å². The molecule has 156 valence electrons. The van der Waals surface area contributed by atoms with Crippen LogP contribution in [0.3, 0.4) is 0 Å². The Balaban J connectivity index is 2.15. The van der Waals surface area contributed by atoms with Gasteiger partial charge in [-0.05, 0) is 24.1 Å². The molecule has 1 aliphatic rings. The Bertz CT molecular complexity index is 953. The maximum Gasteiger partial charge on any atom is 0.417 e. The van der Waals surface area contributed by atoms with Crippen molar-refractivity contribution in [3.05, 3.63) is 52.2 Å². The number of anilines is 1. The summed E-state index contributed by atoms with van der Waals surface area (Å²) in [6.07, 6.45) is -5.69. The summed E-state index contributed by atoms with van der Waals surface area (Å²) >= 11 is 5.82. The van der Waals surface area contributed by atoms with Gasteiger partial charge in [0.25, 0.3) is 5.92 Å². The van der Waals surface area contributed by atoms with Gasteiger partial charge in [0.05, 0.1) is 24.3 Å². The zero-order valence-electron chi connectivity index (χ0n) is 14.6. The molecule has 0 radical (unpaired) electrons. The molecule has 5 nitrogen and oxygen atoms in total. The predicted molar refractivity (Wildman–Crippen MR) is 89.2 cm³/mol. The zero-order valence-corrected chi connectivity index (χ0v) is 15.4. The SMILES string of the molecule is COC(=O)N(c1ncc(C(F)(F)F)cc1F)C1CCC(F)(F)c2c1ccnc2Cl. The molecule has 0 N–H and O–H groups in total. The van der Waals surface area contributed by atoms with E-state index in [4.69, 9.17) is 11.6 Å². The lowest BCUT2D eigenvalue weighted by Crippen LogP contribution is -2.40. The molecule has 2 heterocycles. The molecule has 29 heavy (non-hydrogen) atoms. The highest BCUT2D eigenvalue weighted by atomic mass is 35.5. The molecular formula is C17H12ClF6N3O2. The quantitative estimate of drug-likeness (QED) is 0.459. The summed E-state index contributed by atoms with van der Waals surface area (Å²) < 4.78 is 86.2. The topological polar surface area (TPSA) is 55.3 Å². The number of halogens is 7. The van der Waals surface area contributed by atoms with E-state index < -0.39 is 58.6 Å². The number of amides is 1. The predicted octanol–water partition coefficient (Wildman–Crippen LogP) is 5.49. The first kappa shape index (κ1) is 21.2. The third-order valence-electron chi connectivity index (χ3n) is 4.45. The Kier molecular flexibility index (Phi) is 5.37. The van der Waals surface area contributed by atoms with Crippen LogP contribution in [0.5, 0.6) is 0 Å². The molecule has 0 aromatic carbocycles. The fourth-order valence-corrected chi connectivity index (χ4v) is 3.48. The molecule has 0 aliphatic heterocycles. The monoisotopic (exact) mass is 439 g/mol. The molecule has 0 saturated heterocycles. The summed E-state index contributed by atoms with van der Waals surface area (Å²) in [5.41, 5.74) is -2.14. The molecule has 0 saturated carbocycles. The summed E-state index contributed by atoms with van der Waals surface area (Å²) in [6.45, 7) is 0. The van der Waals surface area contributed by atoms with Crippen LogP contribution in [0.1, 0.15) is 35.6 Å². The van der Waals surface area contributed by atoms with Gasteiger partial charge in [-0.25, -0.2) is 27.9 Å². The Morgan fingerprint density at radius 3 is 2.62 bits per heavy atom. The fraction of sp³-hybridized carbons (Fsp3) is 0.353. The van der Waals surface area contributed by atoms with E-state index in [2.05, 4.69) is 14.7 Å². The Labute approximate surface area is 165 Å². The van der Waals surface area contributed by atoms with Crippen LogP contribution in [0, 0.1) is 5.82 Å². The van der Waals surface area contributed by atoms with Gasteiger partial charge < -0.3 is 4.74 Å². The van der Waals surface area contributed by atoms with Crippen molar-refractivity contribution in [1.82, 2.24) is 9.97 Å². The highest BCUT2D eigenvalue weighted by Gasteiger charge is 2.46. The van der Waals surface area contributed by atoms with Crippen molar-refractivity contribution < 1.29 is 35.9 Å². The number of ether oxygens (including phenoxy) is 1. The third kappa shape index (κ3) is 3.83. The first-order chi connectivity index (χ1) is 13.5. The van der Waals surface area contributed by atoms with Crippen molar-refractivity contribution in [3.8, 4) is 0 Å². The number of aromatic nitrogens is 2. The van der Waals surface area contributed by atoms with E-state index in [1.165, 1.54) is 6.07 Å². The highest BCUT2D eigenvalue weighted by molar-refractivity contribution is 6.30. The lowest BCUT2D eigenvalue weighted by Gasteiger charge is -2.37. The number of hydrogen-bond acceptors (Lipinski definition) is 4. The van der Waals surface area contributed by atoms with E-state index in [1.807, 2.05) is 0 Å². The van der Waals surface area contributed by atoms with Crippen molar-refractivity contribution in [3.63, 3.8) is 0 Å². The number of carbonyl (C=O) groups excluding carboxylic acids is 1. The second-order valence-corrected chi connectivity index (χ2v) is 6.55. The van der Waals surface area contributed by atoms with Crippen LogP contribution in [0.4, 0.5) is 37.0 Å². The van der Waals surface area contributed by atoms with Crippen molar-refractivity contribution in [2.75, 3.05) is 12.0 Å². The molecule has 12 heteroatoms. The third-order valence-corrected chi connectivity index (χ3v) is 4.74. The normalized spacial score (nSPS) is 18.1. The van der Waals surface area contributed by atoms with Crippen LogP contribution in [-0.2, 0) is 16.8 Å². The smallest absolute Gasteiger partial charge is 0.417 e. The van der Waals surface area contributed by atoms with Gasteiger partial charge >= 0.3 is 12.3 Å². The van der Waals surface area contributed by atoms with Crippen LogP contribution in [0.15, 0.2) is 24.5 Å². The summed E-state index contributed by atoms with van der Waals surface area (Å²) in [7, 11) is 0.954.